The molecule has 32 heavy (non-hydrogen) atoms. The van der Waals surface area contributed by atoms with Crippen LogP contribution >= 0.6 is 0 Å². The van der Waals surface area contributed by atoms with Gasteiger partial charge in [-0.15, -0.1) is 0 Å². The zero-order chi connectivity index (χ0) is 22.8. The van der Waals surface area contributed by atoms with E-state index in [0.717, 1.165) is 30.3 Å². The van der Waals surface area contributed by atoms with Crippen LogP contribution in [0.5, 0.6) is 0 Å². The summed E-state index contributed by atoms with van der Waals surface area (Å²) in [7, 11) is 0. The van der Waals surface area contributed by atoms with E-state index in [1.165, 1.54) is 35.3 Å². The van der Waals surface area contributed by atoms with E-state index in [4.69, 9.17) is 0 Å². The van der Waals surface area contributed by atoms with E-state index in [1.54, 1.807) is 11.6 Å². The number of aryl methyl sites for hydroxylation is 2. The summed E-state index contributed by atoms with van der Waals surface area (Å²) in [6, 6.07) is 5.76. The lowest BCUT2D eigenvalue weighted by atomic mass is 9.95. The maximum absolute atomic E-state index is 13.4. The van der Waals surface area contributed by atoms with E-state index in [2.05, 4.69) is 10.4 Å². The molecule has 0 spiro atoms. The van der Waals surface area contributed by atoms with Crippen molar-refractivity contribution in [1.82, 2.24) is 24.2 Å². The van der Waals surface area contributed by atoms with Crippen LogP contribution in [0.1, 0.15) is 50.3 Å². The third-order valence-corrected chi connectivity index (χ3v) is 6.10. The van der Waals surface area contributed by atoms with Crippen LogP contribution in [0.15, 0.2) is 33.9 Å². The average Bonchev–Trinajstić information content (AvgIpc) is 3.12. The van der Waals surface area contributed by atoms with Gasteiger partial charge in [0.15, 0.2) is 5.52 Å². The third-order valence-electron chi connectivity index (χ3n) is 6.10. The highest BCUT2D eigenvalue weighted by molar-refractivity contribution is 5.81. The van der Waals surface area contributed by atoms with Gasteiger partial charge in [0.1, 0.15) is 17.9 Å². The highest BCUT2D eigenvalue weighted by Gasteiger charge is 2.23. The summed E-state index contributed by atoms with van der Waals surface area (Å²) in [4.78, 5) is 39.5. The van der Waals surface area contributed by atoms with Gasteiger partial charge in [-0.3, -0.25) is 23.4 Å². The summed E-state index contributed by atoms with van der Waals surface area (Å²) in [5.74, 6) is -0.649. The summed E-state index contributed by atoms with van der Waals surface area (Å²) in [6.45, 7) is 3.83. The molecule has 0 unspecified atom stereocenters. The fourth-order valence-electron chi connectivity index (χ4n) is 4.51. The lowest BCUT2D eigenvalue weighted by Crippen LogP contribution is -2.45. The Balaban J connectivity index is 1.78. The van der Waals surface area contributed by atoms with Crippen molar-refractivity contribution in [2.24, 2.45) is 0 Å². The monoisotopic (exact) mass is 441 g/mol. The molecule has 2 aromatic heterocycles. The molecule has 0 radical (unpaired) electrons. The molecule has 0 saturated heterocycles. The molecule has 1 fully saturated rings. The number of rotatable bonds is 6. The zero-order valence-electron chi connectivity index (χ0n) is 18.4. The SMILES string of the molecule is CCn1nc(C)c2c1c(=O)n(Cc1ccc(F)cc1)c(=O)n2CC(=O)NC1CCCCC1. The molecule has 9 heteroatoms. The fraction of sp³-hybridized carbons (Fsp3) is 0.478. The maximum atomic E-state index is 13.4. The Labute approximate surface area is 184 Å². The number of aromatic nitrogens is 4. The number of amides is 1. The number of nitrogens with zero attached hydrogens (tertiary/aromatic N) is 4. The first-order valence-corrected chi connectivity index (χ1v) is 11.1. The minimum Gasteiger partial charge on any atom is -0.352 e. The lowest BCUT2D eigenvalue weighted by Gasteiger charge is -2.23. The van der Waals surface area contributed by atoms with Crippen LogP contribution < -0.4 is 16.6 Å². The number of fused-ring (bicyclic) bond motifs is 1. The molecular weight excluding hydrogens is 413 g/mol. The van der Waals surface area contributed by atoms with Crippen LogP contribution in [-0.2, 0) is 24.4 Å². The molecule has 1 aromatic carbocycles. The second-order valence-corrected chi connectivity index (χ2v) is 8.39. The molecule has 2 heterocycles. The third kappa shape index (κ3) is 4.24. The summed E-state index contributed by atoms with van der Waals surface area (Å²) >= 11 is 0. The first-order valence-electron chi connectivity index (χ1n) is 11.1. The van der Waals surface area contributed by atoms with Crippen LogP contribution in [-0.4, -0.2) is 30.9 Å². The van der Waals surface area contributed by atoms with Crippen LogP contribution in [0.4, 0.5) is 4.39 Å². The average molecular weight is 442 g/mol. The smallest absolute Gasteiger partial charge is 0.332 e. The Morgan fingerprint density at radius 2 is 1.78 bits per heavy atom. The van der Waals surface area contributed by atoms with Crippen molar-refractivity contribution >= 4 is 16.9 Å². The number of hydrogen-bond donors (Lipinski definition) is 1. The fourth-order valence-corrected chi connectivity index (χ4v) is 4.51. The highest BCUT2D eigenvalue weighted by atomic mass is 19.1. The van der Waals surface area contributed by atoms with E-state index < -0.39 is 17.1 Å². The summed E-state index contributed by atoms with van der Waals surface area (Å²) in [6.07, 6.45) is 5.22. The number of halogens is 1. The van der Waals surface area contributed by atoms with Gasteiger partial charge in [-0.25, -0.2) is 9.18 Å². The van der Waals surface area contributed by atoms with Gasteiger partial charge in [0, 0.05) is 12.6 Å². The van der Waals surface area contributed by atoms with Gasteiger partial charge in [0.05, 0.1) is 12.2 Å². The standard InChI is InChI=1S/C23H28FN5O3/c1-3-29-21-20(15(2)26-29)27(14-19(30)25-18-7-5-4-6-8-18)23(32)28(22(21)31)13-16-9-11-17(24)12-10-16/h9-12,18H,3-8,13-14H2,1-2H3,(H,25,30). The van der Waals surface area contributed by atoms with Gasteiger partial charge < -0.3 is 5.32 Å². The molecule has 0 aliphatic heterocycles. The largest absolute Gasteiger partial charge is 0.352 e. The van der Waals surface area contributed by atoms with Crippen LogP contribution in [0.3, 0.4) is 0 Å². The van der Waals surface area contributed by atoms with Crippen molar-refractivity contribution in [1.29, 1.82) is 0 Å². The van der Waals surface area contributed by atoms with Crippen LogP contribution in [0.2, 0.25) is 0 Å². The number of carbonyl (C=O) groups is 1. The van der Waals surface area contributed by atoms with Gasteiger partial charge in [0.25, 0.3) is 5.56 Å². The normalized spacial score (nSPS) is 14.7. The van der Waals surface area contributed by atoms with E-state index in [-0.39, 0.29) is 30.6 Å². The van der Waals surface area contributed by atoms with Crippen molar-refractivity contribution in [2.45, 2.75) is 71.6 Å². The Morgan fingerprint density at radius 3 is 2.44 bits per heavy atom. The molecule has 1 saturated carbocycles. The molecule has 1 aliphatic carbocycles. The molecule has 3 aromatic rings. The second-order valence-electron chi connectivity index (χ2n) is 8.39. The first-order chi connectivity index (χ1) is 15.4. The molecule has 1 aliphatic rings. The predicted molar refractivity (Wildman–Crippen MR) is 119 cm³/mol. The van der Waals surface area contributed by atoms with Gasteiger partial charge in [-0.2, -0.15) is 5.10 Å². The van der Waals surface area contributed by atoms with Gasteiger partial charge in [-0.05, 0) is 44.4 Å². The van der Waals surface area contributed by atoms with Gasteiger partial charge in [0.2, 0.25) is 5.91 Å². The number of carbonyl (C=O) groups excluding carboxylic acids is 1. The highest BCUT2D eigenvalue weighted by Crippen LogP contribution is 2.18. The van der Waals surface area contributed by atoms with E-state index in [0.29, 0.717) is 23.3 Å². The molecule has 1 N–H and O–H groups in total. The van der Waals surface area contributed by atoms with Crippen LogP contribution in [0.25, 0.3) is 11.0 Å². The Morgan fingerprint density at radius 1 is 1.09 bits per heavy atom. The van der Waals surface area contributed by atoms with Gasteiger partial charge >= 0.3 is 5.69 Å². The molecule has 0 atom stereocenters. The quantitative estimate of drug-likeness (QED) is 0.636. The predicted octanol–water partition coefficient (Wildman–Crippen LogP) is 2.32. The molecule has 170 valence electrons. The minimum atomic E-state index is -0.579. The first kappa shape index (κ1) is 22.0. The molecular formula is C23H28FN5O3. The molecule has 8 nitrogen and oxygen atoms in total. The molecule has 0 bridgehead atoms. The van der Waals surface area contributed by atoms with Gasteiger partial charge in [-0.1, -0.05) is 31.4 Å². The van der Waals surface area contributed by atoms with E-state index in [1.807, 2.05) is 6.92 Å². The summed E-state index contributed by atoms with van der Waals surface area (Å²) < 4.78 is 17.3. The van der Waals surface area contributed by atoms with Crippen molar-refractivity contribution in [3.8, 4) is 0 Å². The molecule has 1 amide bonds. The number of benzene rings is 1. The number of nitrogens with one attached hydrogen (secondary N) is 1. The van der Waals surface area contributed by atoms with E-state index >= 15 is 0 Å². The zero-order valence-corrected chi connectivity index (χ0v) is 18.4. The minimum absolute atomic E-state index is 0.0218. The Kier molecular flexibility index (Phi) is 6.25. The van der Waals surface area contributed by atoms with Crippen molar-refractivity contribution in [3.05, 3.63) is 62.2 Å². The second kappa shape index (κ2) is 9.10. The topological polar surface area (TPSA) is 90.9 Å². The lowest BCUT2D eigenvalue weighted by molar-refractivity contribution is -0.122. The van der Waals surface area contributed by atoms with Crippen molar-refractivity contribution in [2.75, 3.05) is 0 Å². The Bertz CT molecular complexity index is 1250. The van der Waals surface area contributed by atoms with Crippen molar-refractivity contribution < 1.29 is 9.18 Å². The summed E-state index contributed by atoms with van der Waals surface area (Å²) in [5.41, 5.74) is 0.760. The van der Waals surface area contributed by atoms with E-state index in [9.17, 15) is 18.8 Å². The summed E-state index contributed by atoms with van der Waals surface area (Å²) in [5, 5.41) is 7.45. The number of hydrogen-bond acceptors (Lipinski definition) is 4. The maximum Gasteiger partial charge on any atom is 0.332 e. The molecule has 4 rings (SSSR count). The van der Waals surface area contributed by atoms with Crippen LogP contribution in [0, 0.1) is 12.7 Å². The van der Waals surface area contributed by atoms with Crippen molar-refractivity contribution in [3.63, 3.8) is 0 Å². The Hall–Kier alpha value is -3.23.